The van der Waals surface area contributed by atoms with Gasteiger partial charge in [-0.2, -0.15) is 0 Å². The molecule has 5 heteroatoms. The van der Waals surface area contributed by atoms with E-state index in [1.165, 1.54) is 4.68 Å². The zero-order chi connectivity index (χ0) is 10.0. The quantitative estimate of drug-likeness (QED) is 0.764. The molecule has 0 saturated heterocycles. The Hall–Kier alpha value is -0.710. The van der Waals surface area contributed by atoms with Gasteiger partial charge >= 0.3 is 0 Å². The predicted molar refractivity (Wildman–Crippen MR) is 52.5 cm³/mol. The van der Waals surface area contributed by atoms with Crippen LogP contribution in [-0.4, -0.2) is 20.8 Å². The van der Waals surface area contributed by atoms with Crippen LogP contribution in [0, 0.1) is 5.92 Å². The minimum absolute atomic E-state index is 0.0218. The molecule has 1 atom stereocenters. The molecule has 1 aromatic heterocycles. The van der Waals surface area contributed by atoms with Crippen molar-refractivity contribution < 1.29 is 4.79 Å². The van der Waals surface area contributed by atoms with Crippen molar-refractivity contribution in [3.63, 3.8) is 0 Å². The van der Waals surface area contributed by atoms with E-state index in [0.29, 0.717) is 10.3 Å². The number of hydrogen-bond donors (Lipinski definition) is 0. The smallest absolute Gasteiger partial charge is 0.186 e. The Morgan fingerprint density at radius 2 is 2.31 bits per heavy atom. The van der Waals surface area contributed by atoms with Gasteiger partial charge in [0, 0.05) is 13.0 Å². The van der Waals surface area contributed by atoms with Gasteiger partial charge in [0.1, 0.15) is 5.69 Å². The lowest BCUT2D eigenvalue weighted by molar-refractivity contribution is 0.0917. The zero-order valence-electron chi connectivity index (χ0n) is 7.91. The molecule has 13 heavy (non-hydrogen) atoms. The molecule has 0 fully saturated rings. The minimum atomic E-state index is 0.0218. The Bertz CT molecular complexity index is 302. The molecule has 1 aromatic rings. The maximum atomic E-state index is 11.7. The van der Waals surface area contributed by atoms with Gasteiger partial charge in [0.15, 0.2) is 10.4 Å². The number of aromatic nitrogens is 3. The number of aryl methyl sites for hydroxylation is 1. The molecule has 0 aliphatic carbocycles. The summed E-state index contributed by atoms with van der Waals surface area (Å²) in [6, 6.07) is 0. The lowest BCUT2D eigenvalue weighted by atomic mass is 10.0. The molecule has 0 saturated carbocycles. The van der Waals surface area contributed by atoms with Crippen LogP contribution >= 0.6 is 15.9 Å². The molecule has 0 bridgehead atoms. The molecule has 0 spiro atoms. The number of carbonyl (C=O) groups is 1. The Kier molecular flexibility index (Phi) is 3.19. The van der Waals surface area contributed by atoms with Crippen molar-refractivity contribution in [2.45, 2.75) is 20.3 Å². The number of Topliss-reactive ketones (excluding diaryl/α,β-unsaturated/α-hetero) is 1. The van der Waals surface area contributed by atoms with Crippen LogP contribution < -0.4 is 0 Å². The third kappa shape index (κ3) is 1.96. The summed E-state index contributed by atoms with van der Waals surface area (Å²) in [4.78, 5) is 11.7. The zero-order valence-corrected chi connectivity index (χ0v) is 9.50. The second-order valence-corrected chi connectivity index (χ2v) is 3.78. The van der Waals surface area contributed by atoms with Crippen LogP contribution in [0.2, 0.25) is 0 Å². The third-order valence-electron chi connectivity index (χ3n) is 2.08. The van der Waals surface area contributed by atoms with Gasteiger partial charge in [-0.15, -0.1) is 5.10 Å². The Morgan fingerprint density at radius 1 is 1.69 bits per heavy atom. The number of hydrogen-bond acceptors (Lipinski definition) is 3. The van der Waals surface area contributed by atoms with Crippen LogP contribution in [0.3, 0.4) is 0 Å². The van der Waals surface area contributed by atoms with Crippen LogP contribution in [0.5, 0.6) is 0 Å². The normalized spacial score (nSPS) is 12.9. The molecule has 0 N–H and O–H groups in total. The number of ketones is 1. The molecular formula is C8H12BrN3O. The molecule has 0 amide bonds. The Balaban J connectivity index is 3.01. The lowest BCUT2D eigenvalue weighted by Gasteiger charge is -2.06. The molecule has 1 rings (SSSR count). The van der Waals surface area contributed by atoms with E-state index in [9.17, 15) is 4.79 Å². The average Bonchev–Trinajstić information content (AvgIpc) is 2.44. The molecule has 0 aliphatic heterocycles. The summed E-state index contributed by atoms with van der Waals surface area (Å²) in [6.45, 7) is 3.89. The highest BCUT2D eigenvalue weighted by atomic mass is 79.9. The second kappa shape index (κ2) is 4.00. The van der Waals surface area contributed by atoms with E-state index in [4.69, 9.17) is 0 Å². The maximum absolute atomic E-state index is 11.7. The van der Waals surface area contributed by atoms with Crippen LogP contribution in [0.4, 0.5) is 0 Å². The van der Waals surface area contributed by atoms with Gasteiger partial charge in [-0.25, -0.2) is 4.68 Å². The van der Waals surface area contributed by atoms with E-state index in [0.717, 1.165) is 6.42 Å². The molecule has 4 nitrogen and oxygen atoms in total. The van der Waals surface area contributed by atoms with Gasteiger partial charge < -0.3 is 0 Å². The van der Waals surface area contributed by atoms with Crippen LogP contribution in [0.1, 0.15) is 30.8 Å². The van der Waals surface area contributed by atoms with Crippen molar-refractivity contribution in [3.8, 4) is 0 Å². The topological polar surface area (TPSA) is 47.8 Å². The minimum Gasteiger partial charge on any atom is -0.292 e. The van der Waals surface area contributed by atoms with E-state index in [1.54, 1.807) is 7.05 Å². The molecule has 0 radical (unpaired) electrons. The highest BCUT2D eigenvalue weighted by Gasteiger charge is 2.20. The van der Waals surface area contributed by atoms with Crippen LogP contribution in [-0.2, 0) is 7.05 Å². The Morgan fingerprint density at radius 3 is 2.69 bits per heavy atom. The third-order valence-corrected chi connectivity index (χ3v) is 2.61. The first-order valence-electron chi connectivity index (χ1n) is 4.17. The van der Waals surface area contributed by atoms with Gasteiger partial charge in [0.05, 0.1) is 0 Å². The van der Waals surface area contributed by atoms with Gasteiger partial charge in [0.25, 0.3) is 0 Å². The summed E-state index contributed by atoms with van der Waals surface area (Å²) in [5.41, 5.74) is 0.550. The van der Waals surface area contributed by atoms with E-state index in [2.05, 4.69) is 26.2 Å². The van der Waals surface area contributed by atoms with E-state index >= 15 is 0 Å². The van der Waals surface area contributed by atoms with Crippen molar-refractivity contribution in [1.29, 1.82) is 0 Å². The van der Waals surface area contributed by atoms with Crippen LogP contribution in [0.15, 0.2) is 4.60 Å². The molecular weight excluding hydrogens is 234 g/mol. The summed E-state index contributed by atoms with van der Waals surface area (Å²) >= 11 is 3.20. The van der Waals surface area contributed by atoms with Crippen molar-refractivity contribution in [3.05, 3.63) is 10.3 Å². The number of carbonyl (C=O) groups excluding carboxylic acids is 1. The van der Waals surface area contributed by atoms with E-state index in [1.807, 2.05) is 13.8 Å². The second-order valence-electron chi connectivity index (χ2n) is 3.03. The first-order valence-corrected chi connectivity index (χ1v) is 4.96. The van der Waals surface area contributed by atoms with Crippen molar-refractivity contribution in [1.82, 2.24) is 15.0 Å². The summed E-state index contributed by atoms with van der Waals surface area (Å²) in [5, 5.41) is 7.52. The fourth-order valence-electron chi connectivity index (χ4n) is 1.01. The average molecular weight is 246 g/mol. The van der Waals surface area contributed by atoms with Gasteiger partial charge in [-0.05, 0) is 22.4 Å². The first-order chi connectivity index (χ1) is 6.07. The van der Waals surface area contributed by atoms with Crippen molar-refractivity contribution >= 4 is 21.7 Å². The largest absolute Gasteiger partial charge is 0.292 e. The SMILES string of the molecule is CCC(C)C(=O)c1c(Br)nnn1C. The molecule has 0 aromatic carbocycles. The molecule has 1 unspecified atom stereocenters. The lowest BCUT2D eigenvalue weighted by Crippen LogP contribution is -2.15. The summed E-state index contributed by atoms with van der Waals surface area (Å²) < 4.78 is 2.03. The molecule has 0 aliphatic rings. The maximum Gasteiger partial charge on any atom is 0.186 e. The highest BCUT2D eigenvalue weighted by molar-refractivity contribution is 9.10. The Labute approximate surface area is 85.4 Å². The fraction of sp³-hybridized carbons (Fsp3) is 0.625. The predicted octanol–water partition coefficient (Wildman–Crippen LogP) is 1.81. The number of halogens is 1. The van der Waals surface area contributed by atoms with E-state index in [-0.39, 0.29) is 11.7 Å². The van der Waals surface area contributed by atoms with Crippen LogP contribution in [0.25, 0.3) is 0 Å². The van der Waals surface area contributed by atoms with Gasteiger partial charge in [-0.1, -0.05) is 19.1 Å². The standard InChI is InChI=1S/C8H12BrN3O/c1-4-5(2)7(13)6-8(9)10-11-12(6)3/h5H,4H2,1-3H3. The summed E-state index contributed by atoms with van der Waals surface area (Å²) in [6.07, 6.45) is 0.830. The van der Waals surface area contributed by atoms with E-state index < -0.39 is 0 Å². The summed E-state index contributed by atoms with van der Waals surface area (Å²) in [7, 11) is 1.72. The van der Waals surface area contributed by atoms with Crippen molar-refractivity contribution in [2.24, 2.45) is 13.0 Å². The monoisotopic (exact) mass is 245 g/mol. The summed E-state index contributed by atoms with van der Waals surface area (Å²) in [5.74, 6) is 0.107. The van der Waals surface area contributed by atoms with Crippen molar-refractivity contribution in [2.75, 3.05) is 0 Å². The molecule has 1 heterocycles. The first kappa shape index (κ1) is 10.4. The fourth-order valence-corrected chi connectivity index (χ4v) is 1.53. The van der Waals surface area contributed by atoms with Gasteiger partial charge in [0.2, 0.25) is 0 Å². The molecule has 72 valence electrons. The number of rotatable bonds is 3. The highest BCUT2D eigenvalue weighted by Crippen LogP contribution is 2.17. The van der Waals surface area contributed by atoms with Gasteiger partial charge in [-0.3, -0.25) is 4.79 Å². The number of nitrogens with zero attached hydrogens (tertiary/aromatic N) is 3.